The van der Waals surface area contributed by atoms with Gasteiger partial charge in [-0.05, 0) is 112 Å². The fourth-order valence-electron chi connectivity index (χ4n) is 7.44. The molecule has 4 N–H and O–H groups in total. The van der Waals surface area contributed by atoms with Gasteiger partial charge in [-0.3, -0.25) is 10.6 Å². The number of nitrogens with one attached hydrogen (secondary N) is 4. The second-order valence-electron chi connectivity index (χ2n) is 14.6. The largest absolute Gasteiger partial charge is 0.357 e. The molecule has 0 aromatic heterocycles. The molecule has 3 heterocycles. The lowest BCUT2D eigenvalue weighted by Gasteiger charge is -2.49. The van der Waals surface area contributed by atoms with Crippen LogP contribution in [-0.4, -0.2) is 69.6 Å². The van der Waals surface area contributed by atoms with Gasteiger partial charge in [-0.15, -0.1) is 0 Å². The van der Waals surface area contributed by atoms with E-state index in [1.165, 1.54) is 0 Å². The van der Waals surface area contributed by atoms with Crippen molar-refractivity contribution in [2.24, 2.45) is 0 Å². The zero-order valence-electron chi connectivity index (χ0n) is 24.3. The van der Waals surface area contributed by atoms with Crippen molar-refractivity contribution >= 4 is 23.4 Å². The van der Waals surface area contributed by atoms with Crippen LogP contribution in [0.25, 0.3) is 0 Å². The number of hydrogen-bond donors (Lipinski definition) is 4. The van der Waals surface area contributed by atoms with Gasteiger partial charge in [0.25, 0.3) is 0 Å². The molecule has 0 amide bonds. The molecule has 0 bridgehead atoms. The van der Waals surface area contributed by atoms with Crippen molar-refractivity contribution in [3.63, 3.8) is 0 Å². The fourth-order valence-corrected chi connectivity index (χ4v) is 8.12. The average Bonchev–Trinajstić information content (AvgIpc) is 2.62. The number of nitrogens with zero attached hydrogens (tertiary/aromatic N) is 1. The van der Waals surface area contributed by atoms with Gasteiger partial charge in [0.1, 0.15) is 0 Å². The molecule has 3 saturated heterocycles. The zero-order valence-corrected chi connectivity index (χ0v) is 25.8. The van der Waals surface area contributed by atoms with E-state index in [2.05, 4.69) is 76.7 Å². The molecule has 0 aromatic rings. The zero-order chi connectivity index (χ0) is 26.8. The summed E-state index contributed by atoms with van der Waals surface area (Å²) in [6.07, 6.45) is 10.2. The normalized spacial score (nSPS) is 31.1. The Morgan fingerprint density at radius 2 is 1.28 bits per heavy atom. The second kappa shape index (κ2) is 11.8. The highest BCUT2D eigenvalue weighted by Crippen LogP contribution is 2.32. The van der Waals surface area contributed by atoms with Crippen LogP contribution >= 0.6 is 23.4 Å². The van der Waals surface area contributed by atoms with Crippen LogP contribution in [0.3, 0.4) is 0 Å². The molecule has 3 fully saturated rings. The molecule has 8 heteroatoms. The van der Waals surface area contributed by atoms with Crippen molar-refractivity contribution in [2.45, 2.75) is 159 Å². The van der Waals surface area contributed by atoms with Crippen molar-refractivity contribution in [3.05, 3.63) is 0 Å². The highest BCUT2D eigenvalue weighted by Gasteiger charge is 2.41. The minimum absolute atomic E-state index is 0.133. The van der Waals surface area contributed by atoms with E-state index in [9.17, 15) is 0 Å². The number of rotatable bonds is 10. The minimum atomic E-state index is -0.631. The lowest BCUT2D eigenvalue weighted by molar-refractivity contribution is -0.0374. The average molecular weight is 549 g/mol. The highest BCUT2D eigenvalue weighted by atomic mass is 35.5. The van der Waals surface area contributed by atoms with E-state index < -0.39 is 5.06 Å². The van der Waals surface area contributed by atoms with Crippen LogP contribution in [0, 0.1) is 0 Å². The number of piperidine rings is 2. The number of unbranched alkanes of at least 4 members (excludes halogenated alkanes) is 2. The molecule has 0 spiro atoms. The number of morpholine rings is 1. The molecule has 212 valence electrons. The Morgan fingerprint density at radius 3 is 1.72 bits per heavy atom. The van der Waals surface area contributed by atoms with Crippen molar-refractivity contribution in [1.29, 1.82) is 0 Å². The number of ether oxygens (including phenoxy) is 1. The molecular weight excluding hydrogens is 493 g/mol. The lowest BCUT2D eigenvalue weighted by Crippen LogP contribution is -2.66. The van der Waals surface area contributed by atoms with Gasteiger partial charge < -0.3 is 15.4 Å². The van der Waals surface area contributed by atoms with E-state index in [4.69, 9.17) is 28.1 Å². The van der Waals surface area contributed by atoms with Crippen molar-refractivity contribution in [3.8, 4) is 0 Å². The topological polar surface area (TPSA) is 60.6 Å². The first-order valence-electron chi connectivity index (χ1n) is 14.3. The Hall–Kier alpha value is 0.340. The molecule has 36 heavy (non-hydrogen) atoms. The molecule has 0 saturated carbocycles. The lowest BCUT2D eigenvalue weighted by atomic mass is 9.79. The standard InChI is InChI=1S/C28H55Cl2N5O/c1-24(2)16-21(17-25(3,4)33-24)31-23(32-22-18-26(5,6)34-27(7,8)19-22)12-10-9-11-13-28(29)20-35(30)14-15-36-28/h21-23,31-34H,9-20H2,1-8H3. The third-order valence-electron chi connectivity index (χ3n) is 7.90. The summed E-state index contributed by atoms with van der Waals surface area (Å²) >= 11 is 12.9. The quantitative estimate of drug-likeness (QED) is 0.126. The Balaban J connectivity index is 1.58. The Kier molecular flexibility index (Phi) is 10.2. The molecular formula is C28H55Cl2N5O. The molecule has 3 rings (SSSR count). The summed E-state index contributed by atoms with van der Waals surface area (Å²) in [7, 11) is 0. The van der Waals surface area contributed by atoms with Gasteiger partial charge in [-0.2, -0.15) is 0 Å². The maximum Gasteiger partial charge on any atom is 0.155 e. The monoisotopic (exact) mass is 547 g/mol. The molecule has 1 atom stereocenters. The van der Waals surface area contributed by atoms with Crippen LogP contribution in [0.15, 0.2) is 0 Å². The summed E-state index contributed by atoms with van der Waals surface area (Å²) in [4.78, 5) is 0. The number of alkyl halides is 1. The Labute approximate surface area is 231 Å². The summed E-state index contributed by atoms with van der Waals surface area (Å²) in [5.41, 5.74) is 0.530. The van der Waals surface area contributed by atoms with Crippen molar-refractivity contribution in [1.82, 2.24) is 25.7 Å². The molecule has 0 aromatic carbocycles. The van der Waals surface area contributed by atoms with Crippen LogP contribution in [-0.2, 0) is 4.74 Å². The van der Waals surface area contributed by atoms with E-state index in [-0.39, 0.29) is 22.2 Å². The first-order valence-corrected chi connectivity index (χ1v) is 15.0. The highest BCUT2D eigenvalue weighted by molar-refractivity contribution is 6.23. The van der Waals surface area contributed by atoms with Gasteiger partial charge in [-0.25, -0.2) is 4.42 Å². The molecule has 3 aliphatic heterocycles. The van der Waals surface area contributed by atoms with Crippen LogP contribution < -0.4 is 21.3 Å². The van der Waals surface area contributed by atoms with Crippen LogP contribution in [0.4, 0.5) is 0 Å². The van der Waals surface area contributed by atoms with Crippen molar-refractivity contribution in [2.75, 3.05) is 19.7 Å². The fraction of sp³-hybridized carbons (Fsp3) is 1.00. The maximum atomic E-state index is 6.69. The molecule has 3 aliphatic rings. The van der Waals surface area contributed by atoms with E-state index in [0.29, 0.717) is 31.4 Å². The van der Waals surface area contributed by atoms with Gasteiger partial charge in [0.15, 0.2) is 5.06 Å². The van der Waals surface area contributed by atoms with Crippen LogP contribution in [0.5, 0.6) is 0 Å². The van der Waals surface area contributed by atoms with E-state index in [1.807, 2.05) is 0 Å². The maximum absolute atomic E-state index is 6.69. The van der Waals surface area contributed by atoms with Crippen LogP contribution in [0.1, 0.15) is 113 Å². The van der Waals surface area contributed by atoms with Gasteiger partial charge in [0.05, 0.1) is 19.3 Å². The third-order valence-corrected chi connectivity index (χ3v) is 8.61. The van der Waals surface area contributed by atoms with Crippen molar-refractivity contribution < 1.29 is 4.74 Å². The smallest absolute Gasteiger partial charge is 0.155 e. The summed E-state index contributed by atoms with van der Waals surface area (Å²) in [6, 6.07) is 0.987. The minimum Gasteiger partial charge on any atom is -0.357 e. The first-order chi connectivity index (χ1) is 16.5. The van der Waals surface area contributed by atoms with Gasteiger partial charge in [0.2, 0.25) is 0 Å². The Bertz CT molecular complexity index is 644. The third kappa shape index (κ3) is 10.1. The van der Waals surface area contributed by atoms with E-state index in [1.54, 1.807) is 4.42 Å². The SMILES string of the molecule is CC1(C)CC(NC(CCCCCC2(Cl)CN(Cl)CCO2)NC2CC(C)(C)NC(C)(C)C2)CC(C)(C)N1. The van der Waals surface area contributed by atoms with Gasteiger partial charge in [0, 0.05) is 40.8 Å². The predicted octanol–water partition coefficient (Wildman–Crippen LogP) is 5.48. The summed E-state index contributed by atoms with van der Waals surface area (Å²) < 4.78 is 7.60. The molecule has 1 unspecified atom stereocenters. The van der Waals surface area contributed by atoms with E-state index in [0.717, 1.165) is 64.3 Å². The second-order valence-corrected chi connectivity index (χ2v) is 15.7. The summed E-state index contributed by atoms with van der Waals surface area (Å²) in [5, 5.41) is 15.2. The van der Waals surface area contributed by atoms with Gasteiger partial charge >= 0.3 is 0 Å². The first kappa shape index (κ1) is 30.9. The molecule has 0 aliphatic carbocycles. The summed E-state index contributed by atoms with van der Waals surface area (Å²) in [5.74, 6) is 0. The predicted molar refractivity (Wildman–Crippen MR) is 154 cm³/mol. The van der Waals surface area contributed by atoms with Crippen LogP contribution in [0.2, 0.25) is 0 Å². The number of halogens is 2. The number of hydrogen-bond acceptors (Lipinski definition) is 6. The molecule has 0 radical (unpaired) electrons. The Morgan fingerprint density at radius 1 is 0.806 bits per heavy atom. The van der Waals surface area contributed by atoms with Gasteiger partial charge in [-0.1, -0.05) is 24.4 Å². The van der Waals surface area contributed by atoms with E-state index >= 15 is 0 Å². The molecule has 6 nitrogen and oxygen atoms in total. The summed E-state index contributed by atoms with van der Waals surface area (Å²) in [6.45, 7) is 20.6.